The molecule has 88 valence electrons. The van der Waals surface area contributed by atoms with Crippen molar-refractivity contribution in [2.24, 2.45) is 0 Å². The normalized spacial score (nSPS) is 17.7. The van der Waals surface area contributed by atoms with Crippen LogP contribution in [0.2, 0.25) is 0 Å². The van der Waals surface area contributed by atoms with E-state index in [9.17, 15) is 0 Å². The van der Waals surface area contributed by atoms with Crippen LogP contribution in [-0.4, -0.2) is 41.1 Å². The maximum absolute atomic E-state index is 5.70. The van der Waals surface area contributed by atoms with E-state index in [0.29, 0.717) is 6.10 Å². The summed E-state index contributed by atoms with van der Waals surface area (Å²) in [4.78, 5) is 10.7. The van der Waals surface area contributed by atoms with E-state index in [1.54, 1.807) is 12.4 Å². The van der Waals surface area contributed by atoms with Crippen LogP contribution in [0.3, 0.4) is 0 Å². The first kappa shape index (κ1) is 11.8. The Hall–Kier alpha value is -0.680. The third-order valence-electron chi connectivity index (χ3n) is 2.71. The van der Waals surface area contributed by atoms with Crippen LogP contribution >= 0.6 is 15.9 Å². The van der Waals surface area contributed by atoms with Gasteiger partial charge in [-0.15, -0.1) is 0 Å². The highest BCUT2D eigenvalue weighted by molar-refractivity contribution is 9.09. The lowest BCUT2D eigenvalue weighted by Gasteiger charge is -2.31. The molecule has 2 heterocycles. The third-order valence-corrected chi connectivity index (χ3v) is 3.03. The second-order valence-corrected chi connectivity index (χ2v) is 4.59. The van der Waals surface area contributed by atoms with E-state index < -0.39 is 0 Å². The summed E-state index contributed by atoms with van der Waals surface area (Å²) in [6, 6.07) is 1.84. The molecule has 2 rings (SSSR count). The summed E-state index contributed by atoms with van der Waals surface area (Å²) in [6.07, 6.45) is 6.10. The van der Waals surface area contributed by atoms with Gasteiger partial charge >= 0.3 is 0 Å². The Morgan fingerprint density at radius 3 is 2.62 bits per heavy atom. The summed E-state index contributed by atoms with van der Waals surface area (Å²) in [5.41, 5.74) is 0. The number of nitrogens with zero attached hydrogens (tertiary/aromatic N) is 3. The van der Waals surface area contributed by atoms with Crippen molar-refractivity contribution in [2.45, 2.75) is 18.9 Å². The average Bonchev–Trinajstić information content (AvgIpc) is 2.38. The number of piperidine rings is 1. The standard InChI is InChI=1S/C11H16BrN3O/c12-4-9-16-10-2-7-15(8-3-10)11-13-5-1-6-14-11/h1,5-6,10H,2-4,7-9H2. The fourth-order valence-corrected chi connectivity index (χ4v) is 2.08. The van der Waals surface area contributed by atoms with Gasteiger partial charge in [-0.25, -0.2) is 9.97 Å². The number of halogens is 1. The Morgan fingerprint density at radius 1 is 1.31 bits per heavy atom. The maximum Gasteiger partial charge on any atom is 0.225 e. The van der Waals surface area contributed by atoms with Gasteiger partial charge in [-0.05, 0) is 18.9 Å². The molecule has 0 spiro atoms. The van der Waals surface area contributed by atoms with Crippen molar-refractivity contribution in [3.63, 3.8) is 0 Å². The van der Waals surface area contributed by atoms with Crippen molar-refractivity contribution in [1.29, 1.82) is 0 Å². The van der Waals surface area contributed by atoms with Crippen molar-refractivity contribution in [3.05, 3.63) is 18.5 Å². The Balaban J connectivity index is 1.81. The van der Waals surface area contributed by atoms with Gasteiger partial charge in [0.1, 0.15) is 0 Å². The Morgan fingerprint density at radius 2 is 2.00 bits per heavy atom. The quantitative estimate of drug-likeness (QED) is 0.792. The fraction of sp³-hybridized carbons (Fsp3) is 0.636. The van der Waals surface area contributed by atoms with Crippen molar-refractivity contribution < 1.29 is 4.74 Å². The summed E-state index contributed by atoms with van der Waals surface area (Å²) in [5.74, 6) is 0.835. The highest BCUT2D eigenvalue weighted by Crippen LogP contribution is 2.17. The molecule has 0 amide bonds. The Kier molecular flexibility index (Phi) is 4.54. The molecule has 1 fully saturated rings. The highest BCUT2D eigenvalue weighted by atomic mass is 79.9. The lowest BCUT2D eigenvalue weighted by Crippen LogP contribution is -2.38. The van der Waals surface area contributed by atoms with Gasteiger partial charge in [-0.2, -0.15) is 0 Å². The number of hydrogen-bond acceptors (Lipinski definition) is 4. The number of ether oxygens (including phenoxy) is 1. The molecular formula is C11H16BrN3O. The molecule has 1 saturated heterocycles. The van der Waals surface area contributed by atoms with E-state index in [1.165, 1.54) is 0 Å². The second-order valence-electron chi connectivity index (χ2n) is 3.79. The SMILES string of the molecule is BrCCOC1CCN(c2ncccn2)CC1. The van der Waals surface area contributed by atoms with Crippen molar-refractivity contribution in [3.8, 4) is 0 Å². The lowest BCUT2D eigenvalue weighted by molar-refractivity contribution is 0.0479. The van der Waals surface area contributed by atoms with Crippen LogP contribution in [0.25, 0.3) is 0 Å². The predicted molar refractivity (Wildman–Crippen MR) is 67.0 cm³/mol. The number of rotatable bonds is 4. The second kappa shape index (κ2) is 6.15. The first-order chi connectivity index (χ1) is 7.90. The van der Waals surface area contributed by atoms with Crippen LogP contribution in [0.4, 0.5) is 5.95 Å². The van der Waals surface area contributed by atoms with Crippen LogP contribution in [0, 0.1) is 0 Å². The molecule has 1 aliphatic rings. The minimum atomic E-state index is 0.400. The minimum absolute atomic E-state index is 0.400. The van der Waals surface area contributed by atoms with Gasteiger partial charge in [0.2, 0.25) is 5.95 Å². The van der Waals surface area contributed by atoms with Gasteiger partial charge in [0.05, 0.1) is 12.7 Å². The third kappa shape index (κ3) is 3.15. The first-order valence-corrected chi connectivity index (χ1v) is 6.72. The largest absolute Gasteiger partial charge is 0.377 e. The van der Waals surface area contributed by atoms with Crippen molar-refractivity contribution >= 4 is 21.9 Å². The molecule has 4 nitrogen and oxygen atoms in total. The van der Waals surface area contributed by atoms with Crippen LogP contribution in [0.15, 0.2) is 18.5 Å². The topological polar surface area (TPSA) is 38.2 Å². The Bertz CT molecular complexity index is 301. The first-order valence-electron chi connectivity index (χ1n) is 5.59. The molecule has 5 heteroatoms. The summed E-state index contributed by atoms with van der Waals surface area (Å²) >= 11 is 3.37. The van der Waals surface area contributed by atoms with Crippen LogP contribution in [-0.2, 0) is 4.74 Å². The fourth-order valence-electron chi connectivity index (χ4n) is 1.89. The van der Waals surface area contributed by atoms with Gasteiger partial charge in [0.15, 0.2) is 0 Å². The average molecular weight is 286 g/mol. The lowest BCUT2D eigenvalue weighted by atomic mass is 10.1. The van der Waals surface area contributed by atoms with Gasteiger partial charge in [0.25, 0.3) is 0 Å². The predicted octanol–water partition coefficient (Wildman–Crippen LogP) is 1.86. The zero-order chi connectivity index (χ0) is 11.2. The summed E-state index contributed by atoms with van der Waals surface area (Å²) in [7, 11) is 0. The molecule has 16 heavy (non-hydrogen) atoms. The molecule has 0 bridgehead atoms. The molecule has 0 aromatic carbocycles. The molecule has 0 radical (unpaired) electrons. The molecule has 0 saturated carbocycles. The molecular weight excluding hydrogens is 270 g/mol. The van der Waals surface area contributed by atoms with Gasteiger partial charge in [-0.3, -0.25) is 0 Å². The molecule has 0 aliphatic carbocycles. The van der Waals surface area contributed by atoms with Crippen molar-refractivity contribution in [2.75, 3.05) is 29.9 Å². The Labute approximate surface area is 104 Å². The molecule has 1 aromatic rings. The number of alkyl halides is 1. The number of aromatic nitrogens is 2. The van der Waals surface area contributed by atoms with Crippen LogP contribution in [0.5, 0.6) is 0 Å². The molecule has 1 aliphatic heterocycles. The van der Waals surface area contributed by atoms with Gasteiger partial charge < -0.3 is 9.64 Å². The molecule has 1 aromatic heterocycles. The molecule has 0 unspecified atom stereocenters. The van der Waals surface area contributed by atoms with Crippen molar-refractivity contribution in [1.82, 2.24) is 9.97 Å². The summed E-state index contributed by atoms with van der Waals surface area (Å²) in [5, 5.41) is 0.912. The van der Waals surface area contributed by atoms with Crippen LogP contribution < -0.4 is 4.90 Å². The van der Waals surface area contributed by atoms with Gasteiger partial charge in [-0.1, -0.05) is 15.9 Å². The van der Waals surface area contributed by atoms with E-state index in [2.05, 4.69) is 30.8 Å². The number of anilines is 1. The molecule has 0 atom stereocenters. The van der Waals surface area contributed by atoms with Gasteiger partial charge in [0, 0.05) is 30.8 Å². The summed E-state index contributed by atoms with van der Waals surface area (Å²) in [6.45, 7) is 2.76. The van der Waals surface area contributed by atoms with Crippen LogP contribution in [0.1, 0.15) is 12.8 Å². The smallest absolute Gasteiger partial charge is 0.225 e. The highest BCUT2D eigenvalue weighted by Gasteiger charge is 2.20. The van der Waals surface area contributed by atoms with E-state index in [-0.39, 0.29) is 0 Å². The maximum atomic E-state index is 5.70. The number of hydrogen-bond donors (Lipinski definition) is 0. The summed E-state index contributed by atoms with van der Waals surface area (Å²) < 4.78 is 5.70. The monoisotopic (exact) mass is 285 g/mol. The van der Waals surface area contributed by atoms with E-state index in [4.69, 9.17) is 4.74 Å². The zero-order valence-electron chi connectivity index (χ0n) is 9.18. The minimum Gasteiger partial charge on any atom is -0.377 e. The van der Waals surface area contributed by atoms with E-state index >= 15 is 0 Å². The van der Waals surface area contributed by atoms with E-state index in [0.717, 1.165) is 43.8 Å². The molecule has 0 N–H and O–H groups in total. The zero-order valence-corrected chi connectivity index (χ0v) is 10.8. The van der Waals surface area contributed by atoms with E-state index in [1.807, 2.05) is 6.07 Å².